The number of carbonyl (C=O) groups excluding carboxylic acids is 2. The van der Waals surface area contributed by atoms with Crippen molar-refractivity contribution in [3.8, 4) is 0 Å². The molecular weight excluding hydrogens is 855 g/mol. The average Bonchev–Trinajstić information content (AvgIpc) is 3.68. The van der Waals surface area contributed by atoms with Crippen LogP contribution in [0.25, 0.3) is 0 Å². The van der Waals surface area contributed by atoms with Crippen LogP contribution in [0.5, 0.6) is 0 Å². The summed E-state index contributed by atoms with van der Waals surface area (Å²) in [5.74, 6) is -1.64. The Hall–Kier alpha value is -2.60. The second-order valence-corrected chi connectivity index (χ2v) is 20.2. The molecule has 10 heteroatoms. The predicted molar refractivity (Wildman–Crippen MR) is 276 cm³/mol. The van der Waals surface area contributed by atoms with Crippen molar-refractivity contribution in [3.05, 3.63) is 60.2 Å². The van der Waals surface area contributed by atoms with Gasteiger partial charge >= 0.3 is 5.97 Å². The van der Waals surface area contributed by atoms with Crippen molar-refractivity contribution in [2.75, 3.05) is 13.2 Å². The summed E-state index contributed by atoms with van der Waals surface area (Å²) in [6.07, 6.45) is 41.9. The minimum absolute atomic E-state index is 0.126. The smallest absolute Gasteiger partial charge is 0.338 e. The Morgan fingerprint density at radius 1 is 0.647 bits per heavy atom. The summed E-state index contributed by atoms with van der Waals surface area (Å²) in [4.78, 5) is 27.2. The molecule has 0 radical (unpaired) electrons. The summed E-state index contributed by atoms with van der Waals surface area (Å²) in [5.41, 5.74) is 0.406. The Morgan fingerprint density at radius 2 is 1.10 bits per heavy atom. The zero-order valence-electron chi connectivity index (χ0n) is 43.5. The van der Waals surface area contributed by atoms with Crippen molar-refractivity contribution < 1.29 is 43.5 Å². The van der Waals surface area contributed by atoms with Crippen LogP contribution < -0.4 is 5.32 Å². The molecule has 0 unspecified atom stereocenters. The Labute approximate surface area is 414 Å². The summed E-state index contributed by atoms with van der Waals surface area (Å²) in [5, 5.41) is 24.7. The lowest BCUT2D eigenvalue weighted by atomic mass is 9.99. The molecule has 0 saturated carbocycles. The van der Waals surface area contributed by atoms with Gasteiger partial charge in [0.15, 0.2) is 12.1 Å². The van der Waals surface area contributed by atoms with Gasteiger partial charge in [0.05, 0.1) is 24.8 Å². The number of esters is 1. The number of hydrogen-bond acceptors (Lipinski definition) is 9. The topological polar surface area (TPSA) is 133 Å². The summed E-state index contributed by atoms with van der Waals surface area (Å²) >= 11 is 0. The van der Waals surface area contributed by atoms with Crippen LogP contribution in [0.15, 0.2) is 54.6 Å². The molecule has 0 aromatic heterocycles. The minimum atomic E-state index is -1.22. The molecule has 2 aliphatic rings. The SMILES string of the molecule is CCCCCCCC/C=C/CCCCCCCCCCCCCC(=O)N[C@@H](CO[C@H]1O[C@H](CO)[C@@H]2OC(C)(C)O[C@@H]2[C@H]1O)[C@@H](/C=C/CCCCCCCCCCCCC)OC(=O)c1ccccc1. The van der Waals surface area contributed by atoms with Gasteiger partial charge in [-0.1, -0.05) is 204 Å². The molecule has 2 aliphatic heterocycles. The number of rotatable bonds is 42. The Kier molecular flexibility index (Phi) is 33.5. The van der Waals surface area contributed by atoms with Gasteiger partial charge in [0, 0.05) is 6.42 Å². The monoisotopic (exact) mass is 954 g/mol. The molecule has 1 aromatic carbocycles. The lowest BCUT2D eigenvalue weighted by molar-refractivity contribution is -0.284. The lowest BCUT2D eigenvalue weighted by Crippen LogP contribution is -2.59. The molecule has 10 nitrogen and oxygen atoms in total. The van der Waals surface area contributed by atoms with Crippen LogP contribution in [0.4, 0.5) is 0 Å². The predicted octanol–water partition coefficient (Wildman–Crippen LogP) is 13.9. The molecule has 3 rings (SSSR count). The summed E-state index contributed by atoms with van der Waals surface area (Å²) in [6.45, 7) is 7.55. The summed E-state index contributed by atoms with van der Waals surface area (Å²) in [6, 6.07) is 8.06. The number of nitrogens with one attached hydrogen (secondary N) is 1. The van der Waals surface area contributed by atoms with E-state index in [2.05, 4.69) is 31.3 Å². The summed E-state index contributed by atoms with van der Waals surface area (Å²) < 4.78 is 30.4. The molecule has 7 atom stereocenters. The average molecular weight is 954 g/mol. The van der Waals surface area contributed by atoms with E-state index >= 15 is 0 Å². The maximum atomic E-state index is 13.7. The van der Waals surface area contributed by atoms with E-state index in [1.807, 2.05) is 18.2 Å². The van der Waals surface area contributed by atoms with Crippen LogP contribution >= 0.6 is 0 Å². The van der Waals surface area contributed by atoms with Crippen molar-refractivity contribution in [2.45, 2.75) is 282 Å². The number of carbonyl (C=O) groups is 2. The molecule has 1 aromatic rings. The first-order chi connectivity index (χ1) is 33.2. The highest BCUT2D eigenvalue weighted by Gasteiger charge is 2.55. The number of benzene rings is 1. The van der Waals surface area contributed by atoms with E-state index in [1.165, 1.54) is 161 Å². The van der Waals surface area contributed by atoms with Gasteiger partial charge in [-0.3, -0.25) is 4.79 Å². The molecule has 2 saturated heterocycles. The van der Waals surface area contributed by atoms with Crippen LogP contribution in [-0.2, 0) is 28.5 Å². The van der Waals surface area contributed by atoms with E-state index in [4.69, 9.17) is 23.7 Å². The van der Waals surface area contributed by atoms with Gasteiger partial charge in [-0.15, -0.1) is 0 Å². The minimum Gasteiger partial charge on any atom is -0.452 e. The number of unbranched alkanes of at least 4 members (excludes halogenated alkanes) is 28. The van der Waals surface area contributed by atoms with Gasteiger partial charge < -0.3 is 39.2 Å². The third kappa shape index (κ3) is 26.6. The first kappa shape index (κ1) is 59.7. The van der Waals surface area contributed by atoms with E-state index in [1.54, 1.807) is 38.1 Å². The first-order valence-electron chi connectivity index (χ1n) is 28.0. The normalized spacial score (nSPS) is 21.1. The van der Waals surface area contributed by atoms with Crippen LogP contribution in [0.2, 0.25) is 0 Å². The maximum absolute atomic E-state index is 13.7. The van der Waals surface area contributed by atoms with Gasteiger partial charge in [0.2, 0.25) is 5.91 Å². The summed E-state index contributed by atoms with van der Waals surface area (Å²) in [7, 11) is 0. The van der Waals surface area contributed by atoms with Gasteiger partial charge in [0.25, 0.3) is 0 Å². The van der Waals surface area contributed by atoms with Crippen LogP contribution in [0.3, 0.4) is 0 Å². The van der Waals surface area contributed by atoms with Gasteiger partial charge in [-0.25, -0.2) is 4.79 Å². The number of allylic oxidation sites excluding steroid dienone is 3. The molecule has 0 aliphatic carbocycles. The molecule has 390 valence electrons. The third-order valence-electron chi connectivity index (χ3n) is 13.5. The zero-order valence-corrected chi connectivity index (χ0v) is 43.5. The maximum Gasteiger partial charge on any atom is 0.338 e. The number of hydrogen-bond donors (Lipinski definition) is 3. The highest BCUT2D eigenvalue weighted by Crippen LogP contribution is 2.38. The van der Waals surface area contributed by atoms with Crippen molar-refractivity contribution in [1.82, 2.24) is 5.32 Å². The van der Waals surface area contributed by atoms with E-state index in [0.717, 1.165) is 38.5 Å². The molecule has 3 N–H and O–H groups in total. The number of fused-ring (bicyclic) bond motifs is 1. The van der Waals surface area contributed by atoms with Gasteiger partial charge in [-0.05, 0) is 77.0 Å². The Morgan fingerprint density at radius 3 is 1.60 bits per heavy atom. The largest absolute Gasteiger partial charge is 0.452 e. The fourth-order valence-electron chi connectivity index (χ4n) is 9.43. The lowest BCUT2D eigenvalue weighted by Gasteiger charge is -2.39. The highest BCUT2D eigenvalue weighted by molar-refractivity contribution is 5.89. The first-order valence-corrected chi connectivity index (χ1v) is 28.0. The standard InChI is InChI=1S/C58H99NO9/c1-5-7-9-11-13-15-17-19-20-21-22-23-24-25-26-28-30-32-34-36-41-45-52(61)59-49(47-64-57-53(62)55-54(51(46-60)66-57)67-58(3,4)68-55)50(65-56(63)48-42-38-37-39-43-48)44-40-35-33-31-29-27-18-16-14-12-10-8-6-2/h19-20,37-40,42-44,49-51,53-55,57,60,62H,5-18,21-36,41,45-47H2,1-4H3,(H,59,61)/b20-19+,44-40+/t49-,50+,51+,53+,54-,55+,57-/m0/s1. The van der Waals surface area contributed by atoms with E-state index in [0.29, 0.717) is 12.0 Å². The quantitative estimate of drug-likeness (QED) is 0.0333. The van der Waals surface area contributed by atoms with Crippen LogP contribution in [-0.4, -0.2) is 83.9 Å². The fraction of sp³-hybridized carbons (Fsp3) is 0.793. The molecule has 68 heavy (non-hydrogen) atoms. The second-order valence-electron chi connectivity index (χ2n) is 20.2. The van der Waals surface area contributed by atoms with Crippen LogP contribution in [0, 0.1) is 0 Å². The fourth-order valence-corrected chi connectivity index (χ4v) is 9.43. The molecule has 2 heterocycles. The Bertz CT molecular complexity index is 1450. The number of aliphatic hydroxyl groups excluding tert-OH is 2. The third-order valence-corrected chi connectivity index (χ3v) is 13.5. The number of ether oxygens (including phenoxy) is 5. The second kappa shape index (κ2) is 38.1. The highest BCUT2D eigenvalue weighted by atomic mass is 16.8. The van der Waals surface area contributed by atoms with Crippen LogP contribution in [0.1, 0.15) is 244 Å². The molecular formula is C58H99NO9. The van der Waals surface area contributed by atoms with Crippen molar-refractivity contribution in [3.63, 3.8) is 0 Å². The van der Waals surface area contributed by atoms with Gasteiger partial charge in [-0.2, -0.15) is 0 Å². The Balaban J connectivity index is 1.48. The molecule has 2 fully saturated rings. The van der Waals surface area contributed by atoms with E-state index < -0.39 is 54.6 Å². The van der Waals surface area contributed by atoms with Gasteiger partial charge in [0.1, 0.15) is 30.5 Å². The van der Waals surface area contributed by atoms with Crippen molar-refractivity contribution in [1.29, 1.82) is 0 Å². The van der Waals surface area contributed by atoms with Crippen molar-refractivity contribution >= 4 is 11.9 Å². The molecule has 0 bridgehead atoms. The zero-order chi connectivity index (χ0) is 48.9. The molecule has 0 spiro atoms. The number of aliphatic hydroxyl groups is 2. The van der Waals surface area contributed by atoms with Crippen molar-refractivity contribution in [2.24, 2.45) is 0 Å². The molecule has 1 amide bonds. The number of amides is 1. The van der Waals surface area contributed by atoms with E-state index in [9.17, 15) is 19.8 Å². The van der Waals surface area contributed by atoms with E-state index in [-0.39, 0.29) is 19.1 Å².